The monoisotopic (exact) mass is 292 g/mol. The molecule has 1 saturated heterocycles. The molecule has 118 valence electrons. The molecule has 0 aliphatic carbocycles. The molecular weight excluding hydrogens is 263 g/mol. The summed E-state index contributed by atoms with van der Waals surface area (Å²) < 4.78 is 12.9. The van der Waals surface area contributed by atoms with Gasteiger partial charge >= 0.3 is 0 Å². The minimum atomic E-state index is -0.152. The number of rotatable bonds is 5. The third kappa shape index (κ3) is 5.40. The molecule has 21 heavy (non-hydrogen) atoms. The Morgan fingerprint density at radius 1 is 1.29 bits per heavy atom. The van der Waals surface area contributed by atoms with Crippen LogP contribution in [0.15, 0.2) is 24.3 Å². The highest BCUT2D eigenvalue weighted by atomic mass is 19.1. The first-order valence-corrected chi connectivity index (χ1v) is 8.07. The van der Waals surface area contributed by atoms with Crippen LogP contribution in [0.25, 0.3) is 0 Å². The maximum atomic E-state index is 12.9. The number of nitrogens with one attached hydrogen (secondary N) is 1. The summed E-state index contributed by atoms with van der Waals surface area (Å²) in [7, 11) is 0. The first-order valence-electron chi connectivity index (χ1n) is 8.07. The first-order chi connectivity index (χ1) is 9.83. The van der Waals surface area contributed by atoms with Crippen molar-refractivity contribution in [2.75, 3.05) is 19.6 Å². The van der Waals surface area contributed by atoms with Gasteiger partial charge < -0.3 is 5.32 Å². The van der Waals surface area contributed by atoms with Gasteiger partial charge in [0, 0.05) is 18.1 Å². The second-order valence-corrected chi connectivity index (χ2v) is 7.46. The molecule has 2 rings (SSSR count). The maximum absolute atomic E-state index is 12.9. The molecule has 0 aromatic heterocycles. The summed E-state index contributed by atoms with van der Waals surface area (Å²) in [6, 6.07) is 7.45. The minimum absolute atomic E-state index is 0.152. The molecule has 0 radical (unpaired) electrons. The van der Waals surface area contributed by atoms with Crippen molar-refractivity contribution in [3.05, 3.63) is 35.6 Å². The van der Waals surface area contributed by atoms with Gasteiger partial charge in [-0.15, -0.1) is 0 Å². The van der Waals surface area contributed by atoms with E-state index in [1.54, 1.807) is 12.1 Å². The largest absolute Gasteiger partial charge is 0.312 e. The molecule has 2 unspecified atom stereocenters. The van der Waals surface area contributed by atoms with Crippen LogP contribution < -0.4 is 5.32 Å². The Morgan fingerprint density at radius 2 is 1.95 bits per heavy atom. The van der Waals surface area contributed by atoms with Gasteiger partial charge in [0.25, 0.3) is 0 Å². The molecule has 1 aliphatic heterocycles. The van der Waals surface area contributed by atoms with Gasteiger partial charge in [-0.1, -0.05) is 12.1 Å². The van der Waals surface area contributed by atoms with E-state index < -0.39 is 0 Å². The topological polar surface area (TPSA) is 15.3 Å². The van der Waals surface area contributed by atoms with Crippen LogP contribution in [0.4, 0.5) is 4.39 Å². The van der Waals surface area contributed by atoms with Crippen molar-refractivity contribution in [2.45, 2.75) is 52.1 Å². The number of hydrogen-bond donors (Lipinski definition) is 1. The lowest BCUT2D eigenvalue weighted by Gasteiger charge is -2.26. The number of hydrogen-bond acceptors (Lipinski definition) is 2. The molecule has 1 fully saturated rings. The zero-order valence-electron chi connectivity index (χ0n) is 13.8. The number of likely N-dealkylation sites (tertiary alicyclic amines) is 1. The lowest BCUT2D eigenvalue weighted by Crippen LogP contribution is -2.40. The van der Waals surface area contributed by atoms with Crippen LogP contribution in [0.3, 0.4) is 0 Å². The predicted molar refractivity (Wildman–Crippen MR) is 87.0 cm³/mol. The van der Waals surface area contributed by atoms with E-state index in [0.29, 0.717) is 6.04 Å². The Hall–Kier alpha value is -0.930. The molecule has 0 spiro atoms. The van der Waals surface area contributed by atoms with E-state index in [4.69, 9.17) is 0 Å². The lowest BCUT2D eigenvalue weighted by atomic mass is 10.0. The molecule has 1 heterocycles. The first kappa shape index (κ1) is 16.4. The smallest absolute Gasteiger partial charge is 0.123 e. The van der Waals surface area contributed by atoms with Gasteiger partial charge in [0.1, 0.15) is 5.82 Å². The zero-order chi connectivity index (χ0) is 15.5. The number of halogens is 1. The zero-order valence-corrected chi connectivity index (χ0v) is 13.8. The summed E-state index contributed by atoms with van der Waals surface area (Å²) in [6.45, 7) is 12.4. The fourth-order valence-electron chi connectivity index (χ4n) is 2.97. The van der Waals surface area contributed by atoms with Crippen LogP contribution >= 0.6 is 0 Å². The molecule has 0 saturated carbocycles. The Balaban J connectivity index is 1.79. The van der Waals surface area contributed by atoms with Crippen LogP contribution in [0, 0.1) is 11.7 Å². The molecule has 2 nitrogen and oxygen atoms in total. The predicted octanol–water partition coefficient (Wildman–Crippen LogP) is 3.47. The van der Waals surface area contributed by atoms with Crippen LogP contribution in [0.1, 0.15) is 39.7 Å². The summed E-state index contributed by atoms with van der Waals surface area (Å²) in [5, 5.41) is 3.61. The molecule has 1 aromatic rings. The van der Waals surface area contributed by atoms with E-state index in [-0.39, 0.29) is 11.4 Å². The van der Waals surface area contributed by atoms with Gasteiger partial charge in [0.2, 0.25) is 0 Å². The molecule has 1 aromatic carbocycles. The van der Waals surface area contributed by atoms with Crippen LogP contribution in [0.5, 0.6) is 0 Å². The van der Waals surface area contributed by atoms with Crippen molar-refractivity contribution in [2.24, 2.45) is 5.92 Å². The quantitative estimate of drug-likeness (QED) is 0.894. The van der Waals surface area contributed by atoms with E-state index >= 15 is 0 Å². The summed E-state index contributed by atoms with van der Waals surface area (Å²) in [5.41, 5.74) is 1.42. The number of nitrogens with zero attached hydrogens (tertiary/aromatic N) is 1. The third-order valence-corrected chi connectivity index (χ3v) is 4.31. The molecular formula is C18H29FN2. The molecule has 3 heteroatoms. The normalized spacial score (nSPS) is 21.7. The van der Waals surface area contributed by atoms with Crippen LogP contribution in [-0.4, -0.2) is 36.1 Å². The fraction of sp³-hybridized carbons (Fsp3) is 0.667. The second-order valence-electron chi connectivity index (χ2n) is 7.46. The molecule has 1 aliphatic rings. The van der Waals surface area contributed by atoms with E-state index in [1.165, 1.54) is 25.1 Å². The lowest BCUT2D eigenvalue weighted by molar-refractivity contribution is 0.244. The van der Waals surface area contributed by atoms with Gasteiger partial charge in [-0.3, -0.25) is 4.90 Å². The average Bonchev–Trinajstić information content (AvgIpc) is 2.87. The van der Waals surface area contributed by atoms with Gasteiger partial charge in [-0.25, -0.2) is 4.39 Å². The van der Waals surface area contributed by atoms with Crippen molar-refractivity contribution >= 4 is 0 Å². The standard InChI is InChI=1S/C18H29FN2/c1-14(11-15-5-7-17(19)8-6-15)21-10-9-16(13-21)12-20-18(2,3)4/h5-8,14,16,20H,9-13H2,1-4H3. The third-order valence-electron chi connectivity index (χ3n) is 4.31. The molecule has 2 atom stereocenters. The van der Waals surface area contributed by atoms with Crippen molar-refractivity contribution in [3.8, 4) is 0 Å². The summed E-state index contributed by atoms with van der Waals surface area (Å²) in [6.07, 6.45) is 2.27. The summed E-state index contributed by atoms with van der Waals surface area (Å²) >= 11 is 0. The van der Waals surface area contributed by atoms with Crippen LogP contribution in [0.2, 0.25) is 0 Å². The van der Waals surface area contributed by atoms with Crippen molar-refractivity contribution in [1.82, 2.24) is 10.2 Å². The molecule has 1 N–H and O–H groups in total. The summed E-state index contributed by atoms with van der Waals surface area (Å²) in [5.74, 6) is 0.598. The van der Waals surface area contributed by atoms with Crippen molar-refractivity contribution in [3.63, 3.8) is 0 Å². The van der Waals surface area contributed by atoms with Crippen molar-refractivity contribution < 1.29 is 4.39 Å². The van der Waals surface area contributed by atoms with Gasteiger partial charge in [0.15, 0.2) is 0 Å². The second kappa shape index (κ2) is 6.89. The number of benzene rings is 1. The minimum Gasteiger partial charge on any atom is -0.312 e. The maximum Gasteiger partial charge on any atom is 0.123 e. The SMILES string of the molecule is CC(Cc1ccc(F)cc1)N1CCC(CNC(C)(C)C)C1. The summed E-state index contributed by atoms with van der Waals surface area (Å²) in [4.78, 5) is 2.57. The molecule has 0 bridgehead atoms. The van der Waals surface area contributed by atoms with Gasteiger partial charge in [0.05, 0.1) is 0 Å². The highest BCUT2D eigenvalue weighted by molar-refractivity contribution is 5.17. The Bertz CT molecular complexity index is 436. The Kier molecular flexibility index (Phi) is 5.39. The van der Waals surface area contributed by atoms with Gasteiger partial charge in [-0.2, -0.15) is 0 Å². The van der Waals surface area contributed by atoms with Crippen LogP contribution in [-0.2, 0) is 6.42 Å². The van der Waals surface area contributed by atoms with Gasteiger partial charge in [-0.05, 0) is 77.2 Å². The van der Waals surface area contributed by atoms with E-state index in [0.717, 1.165) is 18.9 Å². The molecule has 0 amide bonds. The fourth-order valence-corrected chi connectivity index (χ4v) is 2.97. The Labute approximate surface area is 128 Å². The highest BCUT2D eigenvalue weighted by Gasteiger charge is 2.26. The van der Waals surface area contributed by atoms with E-state index in [2.05, 4.69) is 37.9 Å². The average molecular weight is 292 g/mol. The van der Waals surface area contributed by atoms with E-state index in [1.807, 2.05) is 12.1 Å². The Morgan fingerprint density at radius 3 is 2.57 bits per heavy atom. The van der Waals surface area contributed by atoms with E-state index in [9.17, 15) is 4.39 Å². The van der Waals surface area contributed by atoms with Crippen molar-refractivity contribution in [1.29, 1.82) is 0 Å². The highest BCUT2D eigenvalue weighted by Crippen LogP contribution is 2.20.